The highest BCUT2D eigenvalue weighted by Crippen LogP contribution is 2.31. The molecule has 2 N–H and O–H groups in total. The van der Waals surface area contributed by atoms with Gasteiger partial charge in [0.1, 0.15) is 0 Å². The molecule has 0 aromatic rings. The molecule has 0 saturated heterocycles. The van der Waals surface area contributed by atoms with E-state index in [1.54, 1.807) is 7.11 Å². The molecule has 1 rings (SSSR count). The Bertz CT molecular complexity index is 260. The summed E-state index contributed by atoms with van der Waals surface area (Å²) >= 11 is 0. The van der Waals surface area contributed by atoms with Gasteiger partial charge in [0.15, 0.2) is 5.96 Å². The van der Waals surface area contributed by atoms with Crippen molar-refractivity contribution in [3.05, 3.63) is 0 Å². The van der Waals surface area contributed by atoms with E-state index in [0.717, 1.165) is 51.1 Å². The summed E-state index contributed by atoms with van der Waals surface area (Å²) < 4.78 is 5.05. The fourth-order valence-corrected chi connectivity index (χ4v) is 1.98. The topological polar surface area (TPSA) is 48.9 Å². The van der Waals surface area contributed by atoms with Crippen LogP contribution in [-0.2, 0) is 4.74 Å². The molecule has 6 heteroatoms. The molecule has 1 saturated carbocycles. The Morgan fingerprint density at radius 2 is 1.95 bits per heavy atom. The van der Waals surface area contributed by atoms with Crippen LogP contribution in [0.4, 0.5) is 0 Å². The van der Waals surface area contributed by atoms with E-state index in [4.69, 9.17) is 4.74 Å². The third-order valence-corrected chi connectivity index (χ3v) is 3.44. The Labute approximate surface area is 140 Å². The predicted molar refractivity (Wildman–Crippen MR) is 96.1 cm³/mol. The molecule has 0 spiro atoms. The molecule has 1 fully saturated rings. The van der Waals surface area contributed by atoms with E-state index < -0.39 is 0 Å². The van der Waals surface area contributed by atoms with E-state index in [-0.39, 0.29) is 24.0 Å². The quantitative estimate of drug-likeness (QED) is 0.254. The second kappa shape index (κ2) is 12.6. The molecule has 120 valence electrons. The third kappa shape index (κ3) is 10.7. The first-order valence-electron chi connectivity index (χ1n) is 7.38. The summed E-state index contributed by atoms with van der Waals surface area (Å²) in [6.07, 6.45) is 5.19. The van der Waals surface area contributed by atoms with Gasteiger partial charge < -0.3 is 20.3 Å². The molecule has 0 atom stereocenters. The lowest BCUT2D eigenvalue weighted by Gasteiger charge is -2.18. The lowest BCUT2D eigenvalue weighted by atomic mass is 10.3. The number of likely N-dealkylation sites (N-methyl/N-ethyl adjacent to an activating group) is 1. The Hall–Kier alpha value is -0.0800. The second-order valence-corrected chi connectivity index (χ2v) is 5.31. The van der Waals surface area contributed by atoms with E-state index in [2.05, 4.69) is 27.6 Å². The highest BCUT2D eigenvalue weighted by molar-refractivity contribution is 14.0. The van der Waals surface area contributed by atoms with Crippen LogP contribution in [0.1, 0.15) is 25.7 Å². The van der Waals surface area contributed by atoms with Crippen molar-refractivity contribution in [1.82, 2.24) is 15.5 Å². The molecule has 0 heterocycles. The number of halogens is 1. The van der Waals surface area contributed by atoms with Crippen LogP contribution in [0.2, 0.25) is 0 Å². The minimum absolute atomic E-state index is 0. The molecule has 5 nitrogen and oxygen atoms in total. The number of hydrogen-bond donors (Lipinski definition) is 2. The van der Waals surface area contributed by atoms with Crippen molar-refractivity contribution in [2.45, 2.75) is 25.7 Å². The van der Waals surface area contributed by atoms with Crippen LogP contribution in [0, 0.1) is 5.92 Å². The minimum Gasteiger partial charge on any atom is -0.385 e. The lowest BCUT2D eigenvalue weighted by molar-refractivity contribution is 0.180. The predicted octanol–water partition coefficient (Wildman–Crippen LogP) is 1.54. The maximum absolute atomic E-state index is 5.05. The number of rotatable bonds is 10. The van der Waals surface area contributed by atoms with Gasteiger partial charge in [0.25, 0.3) is 0 Å². The summed E-state index contributed by atoms with van der Waals surface area (Å²) in [6.45, 7) is 4.89. The van der Waals surface area contributed by atoms with Crippen LogP contribution < -0.4 is 10.6 Å². The van der Waals surface area contributed by atoms with Crippen molar-refractivity contribution in [2.24, 2.45) is 10.9 Å². The van der Waals surface area contributed by atoms with Crippen molar-refractivity contribution in [3.63, 3.8) is 0 Å². The lowest BCUT2D eigenvalue weighted by Crippen LogP contribution is -2.41. The minimum atomic E-state index is 0. The van der Waals surface area contributed by atoms with Gasteiger partial charge >= 0.3 is 0 Å². The molecular weight excluding hydrogens is 367 g/mol. The molecule has 0 aromatic heterocycles. The molecule has 0 aromatic carbocycles. The van der Waals surface area contributed by atoms with Gasteiger partial charge in [0.05, 0.1) is 0 Å². The standard InChI is InChI=1S/C14H30N4O.HI/c1-15-14(16-8-7-13-5-6-13)17-9-11-18(2)10-4-12-19-3;/h13H,4-12H2,1-3H3,(H2,15,16,17);1H. The number of ether oxygens (including phenoxy) is 1. The van der Waals surface area contributed by atoms with Gasteiger partial charge in [-0.05, 0) is 25.8 Å². The van der Waals surface area contributed by atoms with Gasteiger partial charge in [0.2, 0.25) is 0 Å². The Morgan fingerprint density at radius 3 is 2.55 bits per heavy atom. The zero-order valence-electron chi connectivity index (χ0n) is 13.2. The molecule has 0 amide bonds. The number of nitrogens with zero attached hydrogens (tertiary/aromatic N) is 2. The van der Waals surface area contributed by atoms with Gasteiger partial charge in [-0.2, -0.15) is 0 Å². The van der Waals surface area contributed by atoms with Crippen molar-refractivity contribution in [2.75, 3.05) is 54.0 Å². The number of aliphatic imine (C=N–C) groups is 1. The molecule has 0 bridgehead atoms. The first kappa shape index (κ1) is 19.9. The fraction of sp³-hybridized carbons (Fsp3) is 0.929. The average molecular weight is 398 g/mol. The maximum atomic E-state index is 5.05. The van der Waals surface area contributed by atoms with Crippen molar-refractivity contribution in [1.29, 1.82) is 0 Å². The second-order valence-electron chi connectivity index (χ2n) is 5.31. The summed E-state index contributed by atoms with van der Waals surface area (Å²) in [5, 5.41) is 6.72. The smallest absolute Gasteiger partial charge is 0.191 e. The Morgan fingerprint density at radius 1 is 1.25 bits per heavy atom. The van der Waals surface area contributed by atoms with Gasteiger partial charge in [-0.25, -0.2) is 0 Å². The number of guanidine groups is 1. The van der Waals surface area contributed by atoms with Crippen molar-refractivity contribution >= 4 is 29.9 Å². The van der Waals surface area contributed by atoms with Gasteiger partial charge in [0, 0.05) is 46.9 Å². The van der Waals surface area contributed by atoms with Gasteiger partial charge in [-0.15, -0.1) is 24.0 Å². The molecule has 0 aliphatic heterocycles. The normalized spacial score (nSPS) is 15.1. The average Bonchev–Trinajstić information content (AvgIpc) is 3.21. The first-order chi connectivity index (χ1) is 9.26. The van der Waals surface area contributed by atoms with E-state index in [1.807, 2.05) is 7.05 Å². The van der Waals surface area contributed by atoms with Crippen LogP contribution in [0.15, 0.2) is 4.99 Å². The maximum Gasteiger partial charge on any atom is 0.191 e. The first-order valence-corrected chi connectivity index (χ1v) is 7.38. The van der Waals surface area contributed by atoms with Crippen LogP contribution in [0.5, 0.6) is 0 Å². The Kier molecular flexibility index (Phi) is 12.6. The van der Waals surface area contributed by atoms with E-state index in [0.29, 0.717) is 0 Å². The Balaban J connectivity index is 0.00000361. The summed E-state index contributed by atoms with van der Waals surface area (Å²) in [7, 11) is 5.72. The van der Waals surface area contributed by atoms with Gasteiger partial charge in [-0.1, -0.05) is 12.8 Å². The molecule has 20 heavy (non-hydrogen) atoms. The third-order valence-electron chi connectivity index (χ3n) is 3.44. The largest absolute Gasteiger partial charge is 0.385 e. The molecule has 1 aliphatic rings. The van der Waals surface area contributed by atoms with Crippen molar-refractivity contribution in [3.8, 4) is 0 Å². The van der Waals surface area contributed by atoms with E-state index in [1.165, 1.54) is 19.3 Å². The molecule has 0 radical (unpaired) electrons. The monoisotopic (exact) mass is 398 g/mol. The van der Waals surface area contributed by atoms with Crippen LogP contribution >= 0.6 is 24.0 Å². The highest BCUT2D eigenvalue weighted by Gasteiger charge is 2.20. The summed E-state index contributed by atoms with van der Waals surface area (Å²) in [4.78, 5) is 6.54. The summed E-state index contributed by atoms with van der Waals surface area (Å²) in [5.41, 5.74) is 0. The van der Waals surface area contributed by atoms with Crippen LogP contribution in [0.25, 0.3) is 0 Å². The van der Waals surface area contributed by atoms with Gasteiger partial charge in [-0.3, -0.25) is 4.99 Å². The zero-order valence-corrected chi connectivity index (χ0v) is 15.5. The molecule has 0 unspecified atom stereocenters. The van der Waals surface area contributed by atoms with Crippen molar-refractivity contribution < 1.29 is 4.74 Å². The molecular formula is C14H31IN4O. The zero-order chi connectivity index (χ0) is 13.9. The number of nitrogens with one attached hydrogen (secondary N) is 2. The number of methoxy groups -OCH3 is 1. The van der Waals surface area contributed by atoms with Crippen LogP contribution in [-0.4, -0.2) is 64.9 Å². The fourth-order valence-electron chi connectivity index (χ4n) is 1.98. The summed E-state index contributed by atoms with van der Waals surface area (Å²) in [6, 6.07) is 0. The summed E-state index contributed by atoms with van der Waals surface area (Å²) in [5.74, 6) is 1.89. The van der Waals surface area contributed by atoms with Crippen LogP contribution in [0.3, 0.4) is 0 Å². The molecule has 1 aliphatic carbocycles. The highest BCUT2D eigenvalue weighted by atomic mass is 127. The van der Waals surface area contributed by atoms with E-state index >= 15 is 0 Å². The number of hydrogen-bond acceptors (Lipinski definition) is 3. The SMILES string of the molecule is CN=C(NCCC1CC1)NCCN(C)CCCOC.I. The van der Waals surface area contributed by atoms with E-state index in [9.17, 15) is 0 Å².